The summed E-state index contributed by atoms with van der Waals surface area (Å²) in [5.41, 5.74) is 2.11. The van der Waals surface area contributed by atoms with Crippen LogP contribution in [-0.4, -0.2) is 48.8 Å². The van der Waals surface area contributed by atoms with Crippen LogP contribution in [0.3, 0.4) is 0 Å². The first-order chi connectivity index (χ1) is 9.75. The first-order valence-corrected chi connectivity index (χ1v) is 7.29. The van der Waals surface area contributed by atoms with Gasteiger partial charge in [-0.2, -0.15) is 0 Å². The van der Waals surface area contributed by atoms with Crippen LogP contribution in [0.5, 0.6) is 0 Å². The van der Waals surface area contributed by atoms with Gasteiger partial charge in [0.25, 0.3) is 5.91 Å². The predicted molar refractivity (Wildman–Crippen MR) is 72.2 cm³/mol. The lowest BCUT2D eigenvalue weighted by molar-refractivity contribution is -0.144. The number of fused-ring (bicyclic) bond motifs is 1. The molecule has 1 aliphatic heterocycles. The van der Waals surface area contributed by atoms with Gasteiger partial charge in [0.05, 0.1) is 13.2 Å². The van der Waals surface area contributed by atoms with E-state index in [1.54, 1.807) is 11.9 Å². The molecular formula is C14H21N3O3. The Kier molecular flexibility index (Phi) is 4.03. The second kappa shape index (κ2) is 5.93. The number of rotatable bonds is 3. The SMILES string of the molecule is CN(Cc1noc2c1CCCC2)C(=O)[C@H]1CNCCO1. The number of carbonyl (C=O) groups excluding carboxylic acids is 1. The highest BCUT2D eigenvalue weighted by atomic mass is 16.5. The van der Waals surface area contributed by atoms with Gasteiger partial charge in [0, 0.05) is 32.1 Å². The third kappa shape index (κ3) is 2.71. The van der Waals surface area contributed by atoms with Crippen LogP contribution in [0, 0.1) is 0 Å². The molecule has 1 fully saturated rings. The van der Waals surface area contributed by atoms with E-state index in [9.17, 15) is 4.79 Å². The summed E-state index contributed by atoms with van der Waals surface area (Å²) in [6, 6.07) is 0. The number of aryl methyl sites for hydroxylation is 1. The second-order valence-corrected chi connectivity index (χ2v) is 5.50. The normalized spacial score (nSPS) is 22.4. The van der Waals surface area contributed by atoms with Crippen molar-refractivity contribution in [3.05, 3.63) is 17.0 Å². The van der Waals surface area contributed by atoms with Crippen LogP contribution >= 0.6 is 0 Å². The molecule has 2 aliphatic rings. The number of nitrogens with one attached hydrogen (secondary N) is 1. The molecule has 3 rings (SSSR count). The summed E-state index contributed by atoms with van der Waals surface area (Å²) >= 11 is 0. The van der Waals surface area contributed by atoms with Gasteiger partial charge in [0.15, 0.2) is 0 Å². The van der Waals surface area contributed by atoms with Gasteiger partial charge in [-0.05, 0) is 19.3 Å². The molecule has 1 aliphatic carbocycles. The van der Waals surface area contributed by atoms with Gasteiger partial charge in [-0.15, -0.1) is 0 Å². The highest BCUT2D eigenvalue weighted by Gasteiger charge is 2.27. The molecule has 1 aromatic rings. The molecule has 0 aromatic carbocycles. The molecule has 0 spiro atoms. The fraction of sp³-hybridized carbons (Fsp3) is 0.714. The minimum atomic E-state index is -0.378. The molecule has 1 atom stereocenters. The first-order valence-electron chi connectivity index (χ1n) is 7.29. The molecule has 1 saturated heterocycles. The summed E-state index contributed by atoms with van der Waals surface area (Å²) in [4.78, 5) is 14.0. The lowest BCUT2D eigenvalue weighted by atomic mass is 9.96. The Balaban J connectivity index is 1.64. The lowest BCUT2D eigenvalue weighted by Crippen LogP contribution is -2.48. The number of morpholine rings is 1. The Morgan fingerprint density at radius 3 is 3.10 bits per heavy atom. The second-order valence-electron chi connectivity index (χ2n) is 5.50. The fourth-order valence-electron chi connectivity index (χ4n) is 2.85. The van der Waals surface area contributed by atoms with Crippen LogP contribution in [0.2, 0.25) is 0 Å². The Bertz CT molecular complexity index is 480. The highest BCUT2D eigenvalue weighted by molar-refractivity contribution is 5.81. The van der Waals surface area contributed by atoms with Crippen molar-refractivity contribution < 1.29 is 14.1 Å². The van der Waals surface area contributed by atoms with E-state index in [0.29, 0.717) is 19.7 Å². The van der Waals surface area contributed by atoms with E-state index in [-0.39, 0.29) is 12.0 Å². The maximum absolute atomic E-state index is 12.3. The minimum absolute atomic E-state index is 0.00441. The number of hydrogen-bond acceptors (Lipinski definition) is 5. The van der Waals surface area contributed by atoms with Crippen LogP contribution in [0.4, 0.5) is 0 Å². The van der Waals surface area contributed by atoms with Crippen LogP contribution in [-0.2, 0) is 28.9 Å². The van der Waals surface area contributed by atoms with Gasteiger partial charge in [0.2, 0.25) is 0 Å². The fourth-order valence-corrected chi connectivity index (χ4v) is 2.85. The van der Waals surface area contributed by atoms with Gasteiger partial charge in [-0.3, -0.25) is 4.79 Å². The number of likely N-dealkylation sites (N-methyl/N-ethyl adjacent to an activating group) is 1. The summed E-state index contributed by atoms with van der Waals surface area (Å²) in [6.07, 6.45) is 3.94. The van der Waals surface area contributed by atoms with E-state index in [1.165, 1.54) is 12.0 Å². The van der Waals surface area contributed by atoms with E-state index in [0.717, 1.165) is 37.3 Å². The monoisotopic (exact) mass is 279 g/mol. The molecule has 110 valence electrons. The van der Waals surface area contributed by atoms with Crippen molar-refractivity contribution >= 4 is 5.91 Å². The predicted octanol–water partition coefficient (Wildman–Crippen LogP) is 0.500. The smallest absolute Gasteiger partial charge is 0.253 e. The summed E-state index contributed by atoms with van der Waals surface area (Å²) in [5, 5.41) is 7.31. The molecule has 1 amide bonds. The third-order valence-corrected chi connectivity index (χ3v) is 4.00. The minimum Gasteiger partial charge on any atom is -0.366 e. The average molecular weight is 279 g/mol. The van der Waals surface area contributed by atoms with Crippen molar-refractivity contribution in [3.8, 4) is 0 Å². The maximum atomic E-state index is 12.3. The Morgan fingerprint density at radius 1 is 1.45 bits per heavy atom. The largest absolute Gasteiger partial charge is 0.366 e. The van der Waals surface area contributed by atoms with Crippen LogP contribution in [0.25, 0.3) is 0 Å². The van der Waals surface area contributed by atoms with E-state index in [4.69, 9.17) is 9.26 Å². The average Bonchev–Trinajstić information content (AvgIpc) is 2.91. The summed E-state index contributed by atoms with van der Waals surface area (Å²) in [6.45, 7) is 2.48. The number of amides is 1. The summed E-state index contributed by atoms with van der Waals surface area (Å²) in [5.74, 6) is 1.01. The zero-order chi connectivity index (χ0) is 13.9. The van der Waals surface area contributed by atoms with Gasteiger partial charge in [-0.1, -0.05) is 5.16 Å². The van der Waals surface area contributed by atoms with Crippen molar-refractivity contribution in [3.63, 3.8) is 0 Å². The maximum Gasteiger partial charge on any atom is 0.253 e. The number of hydrogen-bond donors (Lipinski definition) is 1. The molecule has 20 heavy (non-hydrogen) atoms. The standard InChI is InChI=1S/C14H21N3O3/c1-17(14(18)13-8-15-6-7-19-13)9-11-10-4-2-3-5-12(10)20-16-11/h13,15H,2-9H2,1H3/t13-/m1/s1. The molecule has 1 N–H and O–H groups in total. The number of ether oxygens (including phenoxy) is 1. The first kappa shape index (κ1) is 13.6. The number of nitrogens with zero attached hydrogens (tertiary/aromatic N) is 2. The van der Waals surface area contributed by atoms with Crippen LogP contribution in [0.1, 0.15) is 29.9 Å². The van der Waals surface area contributed by atoms with E-state index < -0.39 is 0 Å². The molecular weight excluding hydrogens is 258 g/mol. The Labute approximate surface area is 118 Å². The van der Waals surface area contributed by atoms with Gasteiger partial charge >= 0.3 is 0 Å². The van der Waals surface area contributed by atoms with E-state index >= 15 is 0 Å². The van der Waals surface area contributed by atoms with Crippen LogP contribution < -0.4 is 5.32 Å². The quantitative estimate of drug-likeness (QED) is 0.872. The van der Waals surface area contributed by atoms with Crippen molar-refractivity contribution in [2.75, 3.05) is 26.7 Å². The summed E-state index contributed by atoms with van der Waals surface area (Å²) < 4.78 is 10.9. The van der Waals surface area contributed by atoms with Crippen LogP contribution in [0.15, 0.2) is 4.52 Å². The molecule has 6 nitrogen and oxygen atoms in total. The van der Waals surface area contributed by atoms with Gasteiger partial charge in [-0.25, -0.2) is 0 Å². The molecule has 2 heterocycles. The Morgan fingerprint density at radius 2 is 2.30 bits per heavy atom. The number of aromatic nitrogens is 1. The van der Waals surface area contributed by atoms with Crippen molar-refractivity contribution in [2.45, 2.75) is 38.3 Å². The van der Waals surface area contributed by atoms with Crippen molar-refractivity contribution in [1.82, 2.24) is 15.4 Å². The van der Waals surface area contributed by atoms with Crippen molar-refractivity contribution in [2.24, 2.45) is 0 Å². The highest BCUT2D eigenvalue weighted by Crippen LogP contribution is 2.25. The van der Waals surface area contributed by atoms with Crippen molar-refractivity contribution in [1.29, 1.82) is 0 Å². The summed E-state index contributed by atoms with van der Waals surface area (Å²) in [7, 11) is 1.80. The number of carbonyl (C=O) groups is 1. The lowest BCUT2D eigenvalue weighted by Gasteiger charge is -2.27. The molecule has 0 bridgehead atoms. The van der Waals surface area contributed by atoms with E-state index in [1.807, 2.05) is 0 Å². The molecule has 0 unspecified atom stereocenters. The zero-order valence-corrected chi connectivity index (χ0v) is 11.9. The van der Waals surface area contributed by atoms with E-state index in [2.05, 4.69) is 10.5 Å². The molecule has 0 radical (unpaired) electrons. The molecule has 6 heteroatoms. The Hall–Kier alpha value is -1.40. The topological polar surface area (TPSA) is 67.6 Å². The zero-order valence-electron chi connectivity index (χ0n) is 11.9. The van der Waals surface area contributed by atoms with Gasteiger partial charge < -0.3 is 19.5 Å². The van der Waals surface area contributed by atoms with Gasteiger partial charge in [0.1, 0.15) is 17.6 Å². The molecule has 1 aromatic heterocycles. The molecule has 0 saturated carbocycles. The third-order valence-electron chi connectivity index (χ3n) is 4.00.